The summed E-state index contributed by atoms with van der Waals surface area (Å²) in [5.74, 6) is -0.655. The third-order valence-corrected chi connectivity index (χ3v) is 3.24. The molecule has 18 heavy (non-hydrogen) atoms. The van der Waals surface area contributed by atoms with Crippen molar-refractivity contribution < 1.29 is 9.90 Å². The van der Waals surface area contributed by atoms with Crippen molar-refractivity contribution >= 4 is 51.5 Å². The van der Waals surface area contributed by atoms with E-state index >= 15 is 0 Å². The van der Waals surface area contributed by atoms with Gasteiger partial charge in [0.1, 0.15) is 0 Å². The van der Waals surface area contributed by atoms with E-state index in [0.717, 1.165) is 12.8 Å². The van der Waals surface area contributed by atoms with Crippen LogP contribution in [-0.4, -0.2) is 56.6 Å². The Balaban J connectivity index is 0. The second-order valence-corrected chi connectivity index (χ2v) is 5.03. The van der Waals surface area contributed by atoms with Gasteiger partial charge in [0.15, 0.2) is 0 Å². The summed E-state index contributed by atoms with van der Waals surface area (Å²) < 4.78 is 0. The second kappa shape index (κ2) is 18.0. The first-order valence-corrected chi connectivity index (χ1v) is 7.49. The van der Waals surface area contributed by atoms with Gasteiger partial charge in [-0.25, -0.2) is 0 Å². The van der Waals surface area contributed by atoms with Crippen LogP contribution < -0.4 is 0 Å². The van der Waals surface area contributed by atoms with Crippen molar-refractivity contribution in [3.63, 3.8) is 0 Å². The molecule has 3 heteroatoms. The molecule has 0 aromatic carbocycles. The van der Waals surface area contributed by atoms with Gasteiger partial charge in [0.25, 0.3) is 0 Å². The van der Waals surface area contributed by atoms with Gasteiger partial charge < -0.3 is 5.11 Å². The summed E-state index contributed by atoms with van der Waals surface area (Å²) >= 11 is 0. The van der Waals surface area contributed by atoms with Crippen molar-refractivity contribution in [2.75, 3.05) is 0 Å². The summed E-state index contributed by atoms with van der Waals surface area (Å²) in [6, 6.07) is 0. The average Bonchev–Trinajstić information content (AvgIpc) is 2.30. The number of carboxylic acid groups (broad SMARTS) is 1. The molecule has 0 heterocycles. The fourth-order valence-corrected chi connectivity index (χ4v) is 2.12. The number of carbonyl (C=O) groups is 1. The topological polar surface area (TPSA) is 37.3 Å². The van der Waals surface area contributed by atoms with Gasteiger partial charge in [0, 0.05) is 6.42 Å². The molecule has 0 aromatic heterocycles. The summed E-state index contributed by atoms with van der Waals surface area (Å²) in [6.45, 7) is 2.25. The van der Waals surface area contributed by atoms with Crippen LogP contribution in [0.25, 0.3) is 0 Å². The van der Waals surface area contributed by atoms with Gasteiger partial charge in [-0.15, -0.1) is 0 Å². The molecule has 0 saturated heterocycles. The Labute approximate surface area is 150 Å². The predicted octanol–water partition coefficient (Wildman–Crippen LogP) is 4.25. The molecule has 0 fully saturated rings. The van der Waals surface area contributed by atoms with Gasteiger partial charge in [-0.1, -0.05) is 77.6 Å². The number of rotatable bonds is 13. The maximum atomic E-state index is 10.3. The van der Waals surface area contributed by atoms with Gasteiger partial charge >= 0.3 is 51.5 Å². The van der Waals surface area contributed by atoms with E-state index < -0.39 is 5.97 Å². The average molecular weight is 332 g/mol. The molecule has 0 unspecified atom stereocenters. The quantitative estimate of drug-likeness (QED) is 0.404. The number of unbranched alkanes of at least 4 members (excludes halogenated alkanes) is 11. The summed E-state index contributed by atoms with van der Waals surface area (Å²) in [6.07, 6.45) is 15.8. The van der Waals surface area contributed by atoms with Crippen molar-refractivity contribution in [3.05, 3.63) is 0 Å². The minimum absolute atomic E-state index is 0. The summed E-state index contributed by atoms with van der Waals surface area (Å²) in [5, 5.41) is 8.47. The first kappa shape index (κ1) is 21.3. The zero-order chi connectivity index (χ0) is 12.8. The number of hydrogen-bond acceptors (Lipinski definition) is 1. The van der Waals surface area contributed by atoms with Crippen LogP contribution in [0.5, 0.6) is 0 Å². The molecule has 0 amide bonds. The van der Waals surface area contributed by atoms with Gasteiger partial charge in [-0.2, -0.15) is 0 Å². The van der Waals surface area contributed by atoms with Crippen LogP contribution in [0.4, 0.5) is 0 Å². The zero-order valence-corrected chi connectivity index (χ0v) is 11.5. The minimum atomic E-state index is -0.655. The Bertz CT molecular complexity index is 172. The van der Waals surface area contributed by atoms with Crippen LogP contribution in [-0.2, 0) is 4.79 Å². The molecule has 0 atom stereocenters. The predicted molar refractivity (Wildman–Crippen MR) is 81.9 cm³/mol. The number of hydrogen-bond donors (Lipinski definition) is 1. The van der Waals surface area contributed by atoms with E-state index in [1.165, 1.54) is 64.2 Å². The van der Waals surface area contributed by atoms with Crippen LogP contribution >= 0.6 is 0 Å². The summed E-state index contributed by atoms with van der Waals surface area (Å²) in [5.41, 5.74) is 0. The summed E-state index contributed by atoms with van der Waals surface area (Å²) in [4.78, 5) is 10.3. The van der Waals surface area contributed by atoms with Crippen molar-refractivity contribution in [2.24, 2.45) is 0 Å². The van der Waals surface area contributed by atoms with E-state index in [1.807, 2.05) is 0 Å². The normalized spacial score (nSPS) is 10.1. The van der Waals surface area contributed by atoms with Crippen molar-refractivity contribution in [2.45, 2.75) is 90.4 Å². The fourth-order valence-electron chi connectivity index (χ4n) is 2.12. The monoisotopic (exact) mass is 332 g/mol. The van der Waals surface area contributed by atoms with Crippen LogP contribution in [0.1, 0.15) is 90.4 Å². The molecule has 0 rings (SSSR count). The number of carboxylic acids is 1. The third kappa shape index (κ3) is 19.3. The van der Waals surface area contributed by atoms with Gasteiger partial charge in [-0.3, -0.25) is 4.79 Å². The Morgan fingerprint density at radius 1 is 0.722 bits per heavy atom. The van der Waals surface area contributed by atoms with E-state index in [9.17, 15) is 4.79 Å². The standard InChI is InChI=1S/C15H30O2.Sr.2H/c1-2-3-4-5-6-7-8-9-10-11-12-13-14-15(16)17;;;/h2-14H2,1H3,(H,16,17);;;. The number of aliphatic carboxylic acids is 1. The molecule has 1 N–H and O–H groups in total. The Kier molecular flexibility index (Phi) is 21.2. The molecule has 0 aromatic rings. The van der Waals surface area contributed by atoms with E-state index in [1.54, 1.807) is 0 Å². The van der Waals surface area contributed by atoms with E-state index in [4.69, 9.17) is 5.11 Å². The second-order valence-electron chi connectivity index (χ2n) is 5.03. The Morgan fingerprint density at radius 2 is 1.06 bits per heavy atom. The van der Waals surface area contributed by atoms with Crippen LogP contribution in [0.2, 0.25) is 0 Å². The van der Waals surface area contributed by atoms with Crippen LogP contribution in [0.3, 0.4) is 0 Å². The molecule has 0 aliphatic heterocycles. The molecular weight excluding hydrogens is 300 g/mol. The molecule has 0 aliphatic carbocycles. The Hall–Kier alpha value is 0.951. The van der Waals surface area contributed by atoms with E-state index in [-0.39, 0.29) is 45.5 Å². The Morgan fingerprint density at radius 3 is 1.39 bits per heavy atom. The molecule has 0 radical (unpaired) electrons. The van der Waals surface area contributed by atoms with Gasteiger partial charge in [0.2, 0.25) is 0 Å². The maximum absolute atomic E-state index is 10.3. The van der Waals surface area contributed by atoms with E-state index in [2.05, 4.69) is 6.92 Å². The molecule has 0 aliphatic rings. The zero-order valence-electron chi connectivity index (χ0n) is 11.5. The molecular formula is C15H32O2Sr. The molecule has 106 valence electrons. The van der Waals surface area contributed by atoms with Gasteiger partial charge in [-0.05, 0) is 6.42 Å². The first-order chi connectivity index (χ1) is 8.27. The van der Waals surface area contributed by atoms with Crippen molar-refractivity contribution in [1.29, 1.82) is 0 Å². The third-order valence-electron chi connectivity index (χ3n) is 3.24. The van der Waals surface area contributed by atoms with Crippen LogP contribution in [0, 0.1) is 0 Å². The fraction of sp³-hybridized carbons (Fsp3) is 0.933. The van der Waals surface area contributed by atoms with Crippen molar-refractivity contribution in [1.82, 2.24) is 0 Å². The van der Waals surface area contributed by atoms with Gasteiger partial charge in [0.05, 0.1) is 0 Å². The molecule has 0 spiro atoms. The summed E-state index contributed by atoms with van der Waals surface area (Å²) in [7, 11) is 0. The first-order valence-electron chi connectivity index (χ1n) is 7.49. The molecule has 2 nitrogen and oxygen atoms in total. The molecule has 0 bridgehead atoms. The molecule has 0 saturated carbocycles. The van der Waals surface area contributed by atoms with Crippen molar-refractivity contribution in [3.8, 4) is 0 Å². The van der Waals surface area contributed by atoms with Crippen LogP contribution in [0.15, 0.2) is 0 Å². The van der Waals surface area contributed by atoms with E-state index in [0.29, 0.717) is 6.42 Å². The SMILES string of the molecule is CCCCCCCCCCCCCCC(=O)O.[SrH2].